The third kappa shape index (κ3) is 3.28. The zero-order chi connectivity index (χ0) is 15.7. The summed E-state index contributed by atoms with van der Waals surface area (Å²) in [6, 6.07) is 2.00. The van der Waals surface area contributed by atoms with Crippen molar-refractivity contribution < 1.29 is 9.90 Å². The first kappa shape index (κ1) is 15.8. The summed E-state index contributed by atoms with van der Waals surface area (Å²) in [5, 5.41) is 22.5. The van der Waals surface area contributed by atoms with Crippen LogP contribution < -0.4 is 5.32 Å². The quantitative estimate of drug-likeness (QED) is 0.827. The molecule has 1 amide bonds. The van der Waals surface area contributed by atoms with Crippen LogP contribution in [0.3, 0.4) is 0 Å². The molecule has 122 valence electrons. The van der Waals surface area contributed by atoms with Crippen LogP contribution in [0.15, 0.2) is 0 Å². The minimum atomic E-state index is -0.233. The molecular formula is C17H27N3O2. The van der Waals surface area contributed by atoms with Crippen molar-refractivity contribution in [3.8, 4) is 6.07 Å². The number of likely N-dealkylation sites (tertiary alicyclic amines) is 1. The third-order valence-corrected chi connectivity index (χ3v) is 5.74. The number of carbonyl (C=O) groups is 1. The average molecular weight is 305 g/mol. The Balaban J connectivity index is 1.55. The highest BCUT2D eigenvalue weighted by atomic mass is 16.3. The minimum absolute atomic E-state index is 0.00868. The summed E-state index contributed by atoms with van der Waals surface area (Å²) in [6.07, 6.45) is 6.73. The lowest BCUT2D eigenvalue weighted by atomic mass is 9.64. The van der Waals surface area contributed by atoms with E-state index in [9.17, 15) is 9.90 Å². The molecule has 5 heteroatoms. The Labute approximate surface area is 132 Å². The van der Waals surface area contributed by atoms with Crippen molar-refractivity contribution in [3.63, 3.8) is 0 Å². The van der Waals surface area contributed by atoms with Gasteiger partial charge < -0.3 is 15.3 Å². The summed E-state index contributed by atoms with van der Waals surface area (Å²) < 4.78 is 0. The van der Waals surface area contributed by atoms with E-state index in [0.717, 1.165) is 38.5 Å². The maximum Gasteiger partial charge on any atom is 0.237 e. The molecule has 3 fully saturated rings. The highest BCUT2D eigenvalue weighted by molar-refractivity contribution is 5.79. The Morgan fingerprint density at radius 1 is 1.36 bits per heavy atom. The molecule has 1 heterocycles. The monoisotopic (exact) mass is 305 g/mol. The predicted octanol–water partition coefficient (Wildman–Crippen LogP) is 1.42. The number of carbonyl (C=O) groups excluding carboxylic acids is 1. The lowest BCUT2D eigenvalue weighted by Crippen LogP contribution is -2.54. The summed E-state index contributed by atoms with van der Waals surface area (Å²) in [5.74, 6) is 1.21. The molecule has 2 saturated carbocycles. The van der Waals surface area contributed by atoms with Gasteiger partial charge in [-0.05, 0) is 63.7 Å². The Morgan fingerprint density at radius 3 is 2.68 bits per heavy atom. The zero-order valence-electron chi connectivity index (χ0n) is 13.4. The number of aliphatic hydroxyl groups excluding tert-OH is 1. The second-order valence-corrected chi connectivity index (χ2v) is 7.79. The molecule has 2 bridgehead atoms. The van der Waals surface area contributed by atoms with Gasteiger partial charge in [0.25, 0.3) is 0 Å². The first-order valence-corrected chi connectivity index (χ1v) is 8.61. The number of hydrogen-bond acceptors (Lipinski definition) is 4. The van der Waals surface area contributed by atoms with E-state index >= 15 is 0 Å². The Morgan fingerprint density at radius 2 is 2.05 bits per heavy atom. The van der Waals surface area contributed by atoms with E-state index in [-0.39, 0.29) is 23.6 Å². The van der Waals surface area contributed by atoms with E-state index < -0.39 is 0 Å². The molecule has 3 atom stereocenters. The number of nitrogens with one attached hydrogen (secondary N) is 1. The van der Waals surface area contributed by atoms with Crippen LogP contribution in [0.1, 0.15) is 51.9 Å². The predicted molar refractivity (Wildman–Crippen MR) is 82.8 cm³/mol. The maximum absolute atomic E-state index is 12.4. The Bertz CT molecular complexity index is 455. The van der Waals surface area contributed by atoms with E-state index in [0.29, 0.717) is 24.9 Å². The van der Waals surface area contributed by atoms with Crippen molar-refractivity contribution in [1.82, 2.24) is 10.2 Å². The molecule has 0 aromatic heterocycles. The van der Waals surface area contributed by atoms with Gasteiger partial charge in [0, 0.05) is 12.1 Å². The fourth-order valence-corrected chi connectivity index (χ4v) is 4.95. The lowest BCUT2D eigenvalue weighted by Gasteiger charge is -2.47. The molecule has 2 unspecified atom stereocenters. The molecule has 0 aromatic rings. The van der Waals surface area contributed by atoms with Crippen molar-refractivity contribution in [3.05, 3.63) is 0 Å². The smallest absolute Gasteiger partial charge is 0.237 e. The first-order valence-electron chi connectivity index (χ1n) is 8.61. The molecule has 0 radical (unpaired) electrons. The van der Waals surface area contributed by atoms with E-state index in [2.05, 4.69) is 18.3 Å². The van der Waals surface area contributed by atoms with E-state index in [1.807, 2.05) is 0 Å². The van der Waals surface area contributed by atoms with Gasteiger partial charge in [0.2, 0.25) is 5.91 Å². The van der Waals surface area contributed by atoms with Crippen molar-refractivity contribution in [1.29, 1.82) is 5.26 Å². The van der Waals surface area contributed by atoms with Gasteiger partial charge in [-0.25, -0.2) is 0 Å². The lowest BCUT2D eigenvalue weighted by molar-refractivity contribution is -0.130. The summed E-state index contributed by atoms with van der Waals surface area (Å²) in [4.78, 5) is 14.1. The van der Waals surface area contributed by atoms with Gasteiger partial charge >= 0.3 is 0 Å². The molecule has 2 aliphatic carbocycles. The maximum atomic E-state index is 12.4. The standard InChI is InChI=1S/C17H27N3O2/c1-17(8-12-5-13(9-17)7-15(21)6-12)19-11-16(22)20-4-2-3-14(20)10-18/h12-15,19,21H,2-9,11H2,1H3/t12?,13?,14-,15?,17?/m0/s1. The van der Waals surface area contributed by atoms with Gasteiger partial charge in [-0.1, -0.05) is 0 Å². The number of hydrogen-bond donors (Lipinski definition) is 2. The normalized spacial score (nSPS) is 41.2. The second kappa shape index (κ2) is 6.17. The largest absolute Gasteiger partial charge is 0.393 e. The number of fused-ring (bicyclic) bond motifs is 2. The fourth-order valence-electron chi connectivity index (χ4n) is 4.95. The number of rotatable bonds is 3. The Hall–Kier alpha value is -1.12. The van der Waals surface area contributed by atoms with Crippen LogP contribution in [0.5, 0.6) is 0 Å². The SMILES string of the molecule is CC1(NCC(=O)N2CCC[C@H]2C#N)CC2CC(O)CC(C2)C1. The fraction of sp³-hybridized carbons (Fsp3) is 0.882. The third-order valence-electron chi connectivity index (χ3n) is 5.74. The molecule has 0 spiro atoms. The molecule has 3 aliphatic rings. The molecule has 5 nitrogen and oxygen atoms in total. The van der Waals surface area contributed by atoms with Crippen LogP contribution in [0.25, 0.3) is 0 Å². The van der Waals surface area contributed by atoms with Crippen LogP contribution >= 0.6 is 0 Å². The van der Waals surface area contributed by atoms with Crippen LogP contribution in [0.4, 0.5) is 0 Å². The molecule has 3 rings (SSSR count). The topological polar surface area (TPSA) is 76.4 Å². The van der Waals surface area contributed by atoms with E-state index in [4.69, 9.17) is 5.26 Å². The molecule has 0 aromatic carbocycles. The van der Waals surface area contributed by atoms with Gasteiger partial charge in [-0.15, -0.1) is 0 Å². The number of aliphatic hydroxyl groups is 1. The summed E-state index contributed by atoms with van der Waals surface area (Å²) in [6.45, 7) is 3.26. The molecular weight excluding hydrogens is 278 g/mol. The van der Waals surface area contributed by atoms with Crippen LogP contribution in [0, 0.1) is 23.2 Å². The van der Waals surface area contributed by atoms with Gasteiger partial charge in [0.05, 0.1) is 18.7 Å². The van der Waals surface area contributed by atoms with Crippen molar-refractivity contribution >= 4 is 5.91 Å². The highest BCUT2D eigenvalue weighted by Gasteiger charge is 2.41. The molecule has 22 heavy (non-hydrogen) atoms. The Kier molecular flexibility index (Phi) is 4.42. The molecule has 2 N–H and O–H groups in total. The minimum Gasteiger partial charge on any atom is -0.393 e. The van der Waals surface area contributed by atoms with Gasteiger partial charge in [0.1, 0.15) is 6.04 Å². The van der Waals surface area contributed by atoms with Crippen molar-refractivity contribution in [2.24, 2.45) is 11.8 Å². The van der Waals surface area contributed by atoms with Crippen molar-refractivity contribution in [2.45, 2.75) is 69.6 Å². The van der Waals surface area contributed by atoms with E-state index in [1.165, 1.54) is 6.42 Å². The van der Waals surface area contributed by atoms with Gasteiger partial charge in [-0.2, -0.15) is 5.26 Å². The van der Waals surface area contributed by atoms with Crippen LogP contribution in [0.2, 0.25) is 0 Å². The number of nitrogens with zero attached hydrogens (tertiary/aromatic N) is 2. The van der Waals surface area contributed by atoms with Gasteiger partial charge in [-0.3, -0.25) is 4.79 Å². The zero-order valence-corrected chi connectivity index (χ0v) is 13.4. The summed E-state index contributed by atoms with van der Waals surface area (Å²) in [7, 11) is 0. The van der Waals surface area contributed by atoms with Gasteiger partial charge in [0.15, 0.2) is 0 Å². The summed E-state index contributed by atoms with van der Waals surface area (Å²) >= 11 is 0. The molecule has 1 aliphatic heterocycles. The van der Waals surface area contributed by atoms with Crippen LogP contribution in [-0.4, -0.2) is 46.7 Å². The highest BCUT2D eigenvalue weighted by Crippen LogP contribution is 2.44. The number of nitriles is 1. The number of amides is 1. The van der Waals surface area contributed by atoms with E-state index in [1.54, 1.807) is 4.90 Å². The molecule has 1 saturated heterocycles. The van der Waals surface area contributed by atoms with Crippen molar-refractivity contribution in [2.75, 3.05) is 13.1 Å². The first-order chi connectivity index (χ1) is 10.5. The summed E-state index contributed by atoms with van der Waals surface area (Å²) in [5.41, 5.74) is -0.00868. The average Bonchev–Trinajstić information content (AvgIpc) is 2.91. The second-order valence-electron chi connectivity index (χ2n) is 7.79. The van der Waals surface area contributed by atoms with Crippen LogP contribution in [-0.2, 0) is 4.79 Å².